The van der Waals surface area contributed by atoms with Crippen LogP contribution in [-0.2, 0) is 5.41 Å². The predicted molar refractivity (Wildman–Crippen MR) is 114 cm³/mol. The predicted octanol–water partition coefficient (Wildman–Crippen LogP) is 6.13. The normalized spacial score (nSPS) is 19.1. The molecule has 3 aromatic rings. The quantitative estimate of drug-likeness (QED) is 0.485. The first-order chi connectivity index (χ1) is 14.3. The van der Waals surface area contributed by atoms with Crippen molar-refractivity contribution in [2.45, 2.75) is 52.1 Å². The molecule has 0 spiro atoms. The summed E-state index contributed by atoms with van der Waals surface area (Å²) in [4.78, 5) is 26.3. The van der Waals surface area contributed by atoms with Crippen LogP contribution in [0.4, 0.5) is 0 Å². The van der Waals surface area contributed by atoms with Crippen LogP contribution in [0.5, 0.6) is 5.75 Å². The van der Waals surface area contributed by atoms with Gasteiger partial charge in [-0.15, -0.1) is 0 Å². The largest absolute Gasteiger partial charge is 0.486 e. The van der Waals surface area contributed by atoms with Crippen LogP contribution in [0.2, 0.25) is 0 Å². The van der Waals surface area contributed by atoms with Crippen molar-refractivity contribution in [2.75, 3.05) is 0 Å². The number of carbonyl (C=O) groups excluding carboxylic acids is 2. The monoisotopic (exact) mass is 400 g/mol. The summed E-state index contributed by atoms with van der Waals surface area (Å²) in [7, 11) is 0. The van der Waals surface area contributed by atoms with Crippen LogP contribution in [0.3, 0.4) is 0 Å². The molecular formula is C26H24O4. The molecule has 30 heavy (non-hydrogen) atoms. The first-order valence-corrected chi connectivity index (χ1v) is 10.4. The summed E-state index contributed by atoms with van der Waals surface area (Å²) in [6.07, 6.45) is 2.96. The van der Waals surface area contributed by atoms with Crippen molar-refractivity contribution < 1.29 is 18.7 Å². The Labute approximate surface area is 175 Å². The molecule has 1 aromatic heterocycles. The van der Waals surface area contributed by atoms with E-state index in [1.165, 1.54) is 0 Å². The van der Waals surface area contributed by atoms with Crippen molar-refractivity contribution in [3.05, 3.63) is 76.0 Å². The molecule has 0 fully saturated rings. The molecular weight excluding hydrogens is 376 g/mol. The zero-order valence-corrected chi connectivity index (χ0v) is 17.7. The van der Waals surface area contributed by atoms with Crippen LogP contribution >= 0.6 is 0 Å². The zero-order chi connectivity index (χ0) is 21.2. The molecule has 4 heteroatoms. The van der Waals surface area contributed by atoms with Gasteiger partial charge in [0.2, 0.25) is 11.6 Å². The second-order valence-electron chi connectivity index (χ2n) is 9.08. The van der Waals surface area contributed by atoms with Gasteiger partial charge in [0.25, 0.3) is 0 Å². The maximum Gasteiger partial charge on any atom is 0.237 e. The van der Waals surface area contributed by atoms with Gasteiger partial charge in [-0.3, -0.25) is 9.59 Å². The number of benzene rings is 2. The third-order valence-corrected chi connectivity index (χ3v) is 6.48. The van der Waals surface area contributed by atoms with Crippen molar-refractivity contribution >= 4 is 11.6 Å². The van der Waals surface area contributed by atoms with E-state index in [0.717, 1.165) is 35.3 Å². The summed E-state index contributed by atoms with van der Waals surface area (Å²) in [5.74, 6) is 0.309. The molecule has 2 aliphatic carbocycles. The molecule has 0 amide bonds. The van der Waals surface area contributed by atoms with Crippen molar-refractivity contribution in [3.8, 4) is 17.1 Å². The highest BCUT2D eigenvalue weighted by molar-refractivity contribution is 6.53. The van der Waals surface area contributed by atoms with E-state index in [-0.39, 0.29) is 11.5 Å². The zero-order valence-electron chi connectivity index (χ0n) is 17.7. The van der Waals surface area contributed by atoms with Gasteiger partial charge in [0.15, 0.2) is 0 Å². The average molecular weight is 400 g/mol. The molecule has 2 aromatic carbocycles. The summed E-state index contributed by atoms with van der Waals surface area (Å²) in [5, 5.41) is 0. The second kappa shape index (κ2) is 6.43. The Morgan fingerprint density at radius 1 is 1.03 bits per heavy atom. The Balaban J connectivity index is 1.74. The molecule has 1 unspecified atom stereocenters. The number of carbonyl (C=O) groups is 2. The smallest absolute Gasteiger partial charge is 0.237 e. The maximum absolute atomic E-state index is 13.3. The summed E-state index contributed by atoms with van der Waals surface area (Å²) in [6, 6.07) is 11.9. The van der Waals surface area contributed by atoms with Crippen LogP contribution < -0.4 is 4.74 Å². The van der Waals surface area contributed by atoms with Crippen LogP contribution in [-0.4, -0.2) is 11.6 Å². The van der Waals surface area contributed by atoms with Gasteiger partial charge in [-0.05, 0) is 60.9 Å². The van der Waals surface area contributed by atoms with Crippen LogP contribution in [0.25, 0.3) is 11.3 Å². The third-order valence-electron chi connectivity index (χ3n) is 6.48. The van der Waals surface area contributed by atoms with Crippen molar-refractivity contribution in [3.63, 3.8) is 0 Å². The standard InChI is InChI=1S/C26H24O4/c1-14-6-5-7-16(12-14)30-19-10-11-26(3,4)18-9-8-17-21(22(18)19)24(28)23(27)20-15(2)13-29-25(17)20/h5-9,12-13,19H,10-11H2,1-4H3. The number of fused-ring (bicyclic) bond motifs is 5. The number of rotatable bonds is 2. The van der Waals surface area contributed by atoms with Crippen LogP contribution in [0.1, 0.15) is 75.8 Å². The molecule has 4 nitrogen and oxygen atoms in total. The molecule has 1 atom stereocenters. The molecule has 0 N–H and O–H groups in total. The molecule has 1 heterocycles. The van der Waals surface area contributed by atoms with Crippen LogP contribution in [0.15, 0.2) is 47.1 Å². The Kier molecular flexibility index (Phi) is 4.04. The SMILES string of the molecule is Cc1cccc(OC2CCC(C)(C)c3ccc4c(c32)C(=O)C(=O)c2c(C)coc2-4)c1. The van der Waals surface area contributed by atoms with Crippen molar-refractivity contribution in [2.24, 2.45) is 0 Å². The fraction of sp³-hybridized carbons (Fsp3) is 0.308. The molecule has 0 bridgehead atoms. The van der Waals surface area contributed by atoms with E-state index in [1.54, 1.807) is 13.2 Å². The van der Waals surface area contributed by atoms with Gasteiger partial charge in [0, 0.05) is 16.7 Å². The average Bonchev–Trinajstić information content (AvgIpc) is 3.09. The second-order valence-corrected chi connectivity index (χ2v) is 9.08. The minimum atomic E-state index is -0.491. The Morgan fingerprint density at radius 3 is 2.57 bits per heavy atom. The fourth-order valence-corrected chi connectivity index (χ4v) is 4.87. The highest BCUT2D eigenvalue weighted by Gasteiger charge is 2.43. The van der Waals surface area contributed by atoms with Gasteiger partial charge in [0.1, 0.15) is 17.6 Å². The number of hydrogen-bond donors (Lipinski definition) is 0. The number of ketones is 2. The maximum atomic E-state index is 13.3. The lowest BCUT2D eigenvalue weighted by molar-refractivity contribution is 0.0809. The van der Waals surface area contributed by atoms with Gasteiger partial charge in [-0.1, -0.05) is 38.1 Å². The Morgan fingerprint density at radius 2 is 1.80 bits per heavy atom. The number of Topliss-reactive ketones (excluding diaryl/α,β-unsaturated/α-hetero) is 2. The van der Waals surface area contributed by atoms with E-state index >= 15 is 0 Å². The lowest BCUT2D eigenvalue weighted by atomic mass is 9.68. The van der Waals surface area contributed by atoms with Gasteiger partial charge in [0.05, 0.1) is 11.8 Å². The minimum Gasteiger partial charge on any atom is -0.486 e. The van der Waals surface area contributed by atoms with Crippen molar-refractivity contribution in [1.82, 2.24) is 0 Å². The first-order valence-electron chi connectivity index (χ1n) is 10.4. The molecule has 2 aliphatic rings. The Hall–Kier alpha value is -3.14. The van der Waals surface area contributed by atoms with Gasteiger partial charge in [-0.2, -0.15) is 0 Å². The van der Waals surface area contributed by atoms with Gasteiger partial charge < -0.3 is 9.15 Å². The van der Waals surface area contributed by atoms with E-state index in [1.807, 2.05) is 37.3 Å². The van der Waals surface area contributed by atoms with Crippen molar-refractivity contribution in [1.29, 1.82) is 0 Å². The Bertz CT molecular complexity index is 1210. The number of hydrogen-bond acceptors (Lipinski definition) is 4. The summed E-state index contributed by atoms with van der Waals surface area (Å²) in [5.41, 5.74) is 5.13. The van der Waals surface area contributed by atoms with E-state index in [9.17, 15) is 9.59 Å². The topological polar surface area (TPSA) is 56.5 Å². The first kappa shape index (κ1) is 18.9. The van der Waals surface area contributed by atoms with Gasteiger partial charge >= 0.3 is 0 Å². The lowest BCUT2D eigenvalue weighted by Gasteiger charge is -2.39. The summed E-state index contributed by atoms with van der Waals surface area (Å²) >= 11 is 0. The highest BCUT2D eigenvalue weighted by Crippen LogP contribution is 2.49. The number of furan rings is 1. The fourth-order valence-electron chi connectivity index (χ4n) is 4.87. The summed E-state index contributed by atoms with van der Waals surface area (Å²) in [6.45, 7) is 8.18. The van der Waals surface area contributed by atoms with E-state index < -0.39 is 11.6 Å². The molecule has 0 saturated carbocycles. The van der Waals surface area contributed by atoms with E-state index in [0.29, 0.717) is 28.0 Å². The van der Waals surface area contributed by atoms with E-state index in [2.05, 4.69) is 19.9 Å². The molecule has 5 rings (SSSR count). The third kappa shape index (κ3) is 2.67. The summed E-state index contributed by atoms with van der Waals surface area (Å²) < 4.78 is 12.1. The van der Waals surface area contributed by atoms with Gasteiger partial charge in [-0.25, -0.2) is 0 Å². The number of aryl methyl sites for hydroxylation is 2. The lowest BCUT2D eigenvalue weighted by Crippen LogP contribution is -2.33. The number of ether oxygens (including phenoxy) is 1. The molecule has 0 saturated heterocycles. The molecule has 0 aliphatic heterocycles. The van der Waals surface area contributed by atoms with Crippen LogP contribution in [0, 0.1) is 13.8 Å². The minimum absolute atomic E-state index is 0.112. The molecule has 0 radical (unpaired) electrons. The molecule has 152 valence electrons. The highest BCUT2D eigenvalue weighted by atomic mass is 16.5. The van der Waals surface area contributed by atoms with E-state index in [4.69, 9.17) is 9.15 Å².